The first kappa shape index (κ1) is 25.3. The van der Waals surface area contributed by atoms with Gasteiger partial charge in [-0.15, -0.1) is 0 Å². The van der Waals surface area contributed by atoms with Crippen molar-refractivity contribution in [3.05, 3.63) is 64.2 Å². The quantitative estimate of drug-likeness (QED) is 0.449. The van der Waals surface area contributed by atoms with Crippen LogP contribution in [0.4, 0.5) is 11.4 Å². The van der Waals surface area contributed by atoms with Crippen molar-refractivity contribution in [1.82, 2.24) is 9.62 Å². The standard InChI is InChI=1S/C23H28N4O6S/c1-17-8-9-20(27(30)31)16-21(17)34(32,33)26-14-11-18(12-15-26)23(29)24-13-10-22(28)25(2)19-6-4-3-5-7-19/h3-9,16,18H,10-15H2,1-2H3,(H,24,29). The highest BCUT2D eigenvalue weighted by molar-refractivity contribution is 7.89. The van der Waals surface area contributed by atoms with Gasteiger partial charge in [0.15, 0.2) is 0 Å². The lowest BCUT2D eigenvalue weighted by Crippen LogP contribution is -2.43. The lowest BCUT2D eigenvalue weighted by molar-refractivity contribution is -0.385. The highest BCUT2D eigenvalue weighted by Gasteiger charge is 2.33. The SMILES string of the molecule is Cc1ccc([N+](=O)[O-])cc1S(=O)(=O)N1CCC(C(=O)NCCC(=O)N(C)c2ccccc2)CC1. The van der Waals surface area contributed by atoms with Gasteiger partial charge in [0.2, 0.25) is 21.8 Å². The summed E-state index contributed by atoms with van der Waals surface area (Å²) in [5.74, 6) is -0.696. The number of para-hydroxylation sites is 1. The molecule has 0 aromatic heterocycles. The summed E-state index contributed by atoms with van der Waals surface area (Å²) in [4.78, 5) is 36.7. The van der Waals surface area contributed by atoms with E-state index >= 15 is 0 Å². The normalized spacial score (nSPS) is 15.0. The summed E-state index contributed by atoms with van der Waals surface area (Å²) in [6.45, 7) is 2.06. The Labute approximate surface area is 198 Å². The number of sulfonamides is 1. The van der Waals surface area contributed by atoms with Crippen LogP contribution in [0.5, 0.6) is 0 Å². The van der Waals surface area contributed by atoms with Crippen molar-refractivity contribution in [2.24, 2.45) is 5.92 Å². The molecule has 0 spiro atoms. The van der Waals surface area contributed by atoms with Crippen LogP contribution in [-0.4, -0.2) is 56.1 Å². The molecule has 1 N–H and O–H groups in total. The molecule has 0 atom stereocenters. The molecule has 0 unspecified atom stereocenters. The fourth-order valence-electron chi connectivity index (χ4n) is 3.88. The van der Waals surface area contributed by atoms with Crippen molar-refractivity contribution in [2.45, 2.75) is 31.1 Å². The number of nitro benzene ring substituents is 1. The number of nitro groups is 1. The van der Waals surface area contributed by atoms with Gasteiger partial charge in [0.1, 0.15) is 0 Å². The van der Waals surface area contributed by atoms with Gasteiger partial charge in [0, 0.05) is 56.8 Å². The molecule has 0 bridgehead atoms. The average molecular weight is 489 g/mol. The molecule has 1 heterocycles. The van der Waals surface area contributed by atoms with Crippen molar-refractivity contribution in [3.8, 4) is 0 Å². The Morgan fingerprint density at radius 1 is 1.15 bits per heavy atom. The maximum absolute atomic E-state index is 13.0. The summed E-state index contributed by atoms with van der Waals surface area (Å²) in [5.41, 5.74) is 0.910. The van der Waals surface area contributed by atoms with Gasteiger partial charge in [-0.25, -0.2) is 8.42 Å². The largest absolute Gasteiger partial charge is 0.355 e. The third kappa shape index (κ3) is 5.78. The Bertz CT molecular complexity index is 1160. The van der Waals surface area contributed by atoms with Crippen molar-refractivity contribution >= 4 is 33.2 Å². The summed E-state index contributed by atoms with van der Waals surface area (Å²) in [5, 5.41) is 13.8. The number of piperidine rings is 1. The number of carbonyl (C=O) groups is 2. The topological polar surface area (TPSA) is 130 Å². The van der Waals surface area contributed by atoms with E-state index in [0.29, 0.717) is 18.4 Å². The molecule has 182 valence electrons. The molecule has 1 aliphatic rings. The smallest absolute Gasteiger partial charge is 0.270 e. The number of benzene rings is 2. The minimum absolute atomic E-state index is 0.0920. The van der Waals surface area contributed by atoms with Crippen molar-refractivity contribution in [3.63, 3.8) is 0 Å². The lowest BCUT2D eigenvalue weighted by atomic mass is 9.97. The number of nitrogens with one attached hydrogen (secondary N) is 1. The van der Waals surface area contributed by atoms with Crippen LogP contribution in [0.3, 0.4) is 0 Å². The Hall–Kier alpha value is -3.31. The van der Waals surface area contributed by atoms with Crippen LogP contribution in [0.1, 0.15) is 24.8 Å². The van der Waals surface area contributed by atoms with E-state index in [1.54, 1.807) is 14.0 Å². The molecule has 0 aliphatic carbocycles. The van der Waals surface area contributed by atoms with E-state index < -0.39 is 14.9 Å². The third-order valence-corrected chi connectivity index (χ3v) is 8.02. The molecule has 1 fully saturated rings. The molecule has 2 aromatic carbocycles. The number of rotatable bonds is 8. The first-order valence-corrected chi connectivity index (χ1v) is 12.4. The molecular weight excluding hydrogens is 460 g/mol. The molecule has 10 nitrogen and oxygen atoms in total. The Balaban J connectivity index is 1.51. The fraction of sp³-hybridized carbons (Fsp3) is 0.391. The van der Waals surface area contributed by atoms with Crippen LogP contribution in [0, 0.1) is 23.0 Å². The zero-order valence-corrected chi connectivity index (χ0v) is 20.0. The third-order valence-electron chi connectivity index (χ3n) is 5.98. The predicted octanol–water partition coefficient (Wildman–Crippen LogP) is 2.47. The molecular formula is C23H28N4O6S. The second kappa shape index (κ2) is 10.7. The average Bonchev–Trinajstić information content (AvgIpc) is 2.84. The molecule has 11 heteroatoms. The van der Waals surface area contributed by atoms with Crippen LogP contribution in [-0.2, 0) is 19.6 Å². The van der Waals surface area contributed by atoms with Crippen LogP contribution in [0.25, 0.3) is 0 Å². The first-order chi connectivity index (χ1) is 16.1. The maximum Gasteiger partial charge on any atom is 0.270 e. The maximum atomic E-state index is 13.0. The number of hydrogen-bond acceptors (Lipinski definition) is 6. The molecule has 0 saturated carbocycles. The van der Waals surface area contributed by atoms with Gasteiger partial charge in [0.25, 0.3) is 5.69 Å². The second-order valence-corrected chi connectivity index (χ2v) is 10.1. The van der Waals surface area contributed by atoms with Gasteiger partial charge >= 0.3 is 0 Å². The zero-order chi connectivity index (χ0) is 24.9. The monoisotopic (exact) mass is 488 g/mol. The second-order valence-electron chi connectivity index (χ2n) is 8.21. The van der Waals surface area contributed by atoms with E-state index in [9.17, 15) is 28.1 Å². The van der Waals surface area contributed by atoms with Gasteiger partial charge in [-0.2, -0.15) is 4.31 Å². The van der Waals surface area contributed by atoms with E-state index in [-0.39, 0.29) is 54.4 Å². The van der Waals surface area contributed by atoms with Crippen LogP contribution in [0.15, 0.2) is 53.4 Å². The van der Waals surface area contributed by atoms with E-state index in [1.165, 1.54) is 21.3 Å². The number of nitrogens with zero attached hydrogens (tertiary/aromatic N) is 3. The van der Waals surface area contributed by atoms with Crippen LogP contribution >= 0.6 is 0 Å². The van der Waals surface area contributed by atoms with Gasteiger partial charge in [-0.1, -0.05) is 24.3 Å². The minimum atomic E-state index is -3.91. The van der Waals surface area contributed by atoms with E-state index in [4.69, 9.17) is 0 Å². The number of carbonyl (C=O) groups excluding carboxylic acids is 2. The molecule has 3 rings (SSSR count). The molecule has 1 aliphatic heterocycles. The summed E-state index contributed by atoms with van der Waals surface area (Å²) in [7, 11) is -2.24. The van der Waals surface area contributed by atoms with Crippen molar-refractivity contribution in [2.75, 3.05) is 31.6 Å². The Morgan fingerprint density at radius 3 is 2.41 bits per heavy atom. The molecule has 0 radical (unpaired) electrons. The number of anilines is 1. The first-order valence-electron chi connectivity index (χ1n) is 11.0. The Morgan fingerprint density at radius 2 is 1.79 bits per heavy atom. The Kier molecular flexibility index (Phi) is 8.00. The summed E-state index contributed by atoms with van der Waals surface area (Å²) in [6, 6.07) is 13.0. The molecule has 2 amide bonds. The predicted molar refractivity (Wildman–Crippen MR) is 127 cm³/mol. The van der Waals surface area contributed by atoms with Gasteiger partial charge in [0.05, 0.1) is 9.82 Å². The van der Waals surface area contributed by atoms with Gasteiger partial charge in [-0.3, -0.25) is 19.7 Å². The molecule has 2 aromatic rings. The van der Waals surface area contributed by atoms with E-state index in [2.05, 4.69) is 5.32 Å². The molecule has 34 heavy (non-hydrogen) atoms. The summed E-state index contributed by atoms with van der Waals surface area (Å²) >= 11 is 0. The minimum Gasteiger partial charge on any atom is -0.355 e. The number of amides is 2. The zero-order valence-electron chi connectivity index (χ0n) is 19.1. The van der Waals surface area contributed by atoms with Gasteiger partial charge < -0.3 is 10.2 Å². The van der Waals surface area contributed by atoms with E-state index in [1.807, 2.05) is 30.3 Å². The highest BCUT2D eigenvalue weighted by atomic mass is 32.2. The highest BCUT2D eigenvalue weighted by Crippen LogP contribution is 2.28. The molecule has 1 saturated heterocycles. The number of hydrogen-bond donors (Lipinski definition) is 1. The summed E-state index contributed by atoms with van der Waals surface area (Å²) < 4.78 is 27.4. The number of non-ortho nitro benzene ring substituents is 1. The van der Waals surface area contributed by atoms with Crippen molar-refractivity contribution < 1.29 is 22.9 Å². The number of aryl methyl sites for hydroxylation is 1. The van der Waals surface area contributed by atoms with Crippen molar-refractivity contribution in [1.29, 1.82) is 0 Å². The summed E-state index contributed by atoms with van der Waals surface area (Å²) in [6.07, 6.45) is 0.810. The van der Waals surface area contributed by atoms with Crippen LogP contribution < -0.4 is 10.2 Å². The van der Waals surface area contributed by atoms with Crippen LogP contribution in [0.2, 0.25) is 0 Å². The van der Waals surface area contributed by atoms with E-state index in [0.717, 1.165) is 11.8 Å². The fourth-order valence-corrected chi connectivity index (χ4v) is 5.59. The lowest BCUT2D eigenvalue weighted by Gasteiger charge is -2.31. The van der Waals surface area contributed by atoms with Gasteiger partial charge in [-0.05, 0) is 37.5 Å².